The van der Waals surface area contributed by atoms with Crippen molar-refractivity contribution in [2.75, 3.05) is 37.5 Å². The molecular weight excluding hydrogens is 322 g/mol. The Hall–Kier alpha value is -3.09. The fraction of sp³-hybridized carbons (Fsp3) is 0.278. The highest BCUT2D eigenvalue weighted by Crippen LogP contribution is 2.17. The van der Waals surface area contributed by atoms with E-state index in [1.807, 2.05) is 31.1 Å². The topological polar surface area (TPSA) is 80.8 Å². The lowest BCUT2D eigenvalue weighted by atomic mass is 10.2. The number of carbonyl (C=O) groups excluding carboxylic acids is 2. The third kappa shape index (κ3) is 5.20. The molecule has 1 heterocycles. The van der Waals surface area contributed by atoms with Crippen LogP contribution in [0.3, 0.4) is 0 Å². The lowest BCUT2D eigenvalue weighted by molar-refractivity contribution is -0.119. The summed E-state index contributed by atoms with van der Waals surface area (Å²) < 4.78 is 10.3. The highest BCUT2D eigenvalue weighted by molar-refractivity contribution is 5.96. The number of esters is 1. The van der Waals surface area contributed by atoms with Gasteiger partial charge in [-0.15, -0.1) is 0 Å². The number of amides is 1. The van der Waals surface area contributed by atoms with Crippen molar-refractivity contribution in [2.45, 2.75) is 6.92 Å². The summed E-state index contributed by atoms with van der Waals surface area (Å²) >= 11 is 0. The average Bonchev–Trinajstić information content (AvgIpc) is 2.61. The van der Waals surface area contributed by atoms with E-state index in [1.165, 1.54) is 12.3 Å². The van der Waals surface area contributed by atoms with Crippen molar-refractivity contribution in [2.24, 2.45) is 0 Å². The van der Waals surface area contributed by atoms with Gasteiger partial charge in [-0.2, -0.15) is 0 Å². The van der Waals surface area contributed by atoms with Gasteiger partial charge in [-0.25, -0.2) is 9.78 Å². The summed E-state index contributed by atoms with van der Waals surface area (Å²) in [7, 11) is 3.87. The molecule has 1 N–H and O–H groups in total. The predicted molar refractivity (Wildman–Crippen MR) is 95.1 cm³/mol. The first-order valence-corrected chi connectivity index (χ1v) is 7.83. The van der Waals surface area contributed by atoms with Gasteiger partial charge in [0.25, 0.3) is 5.91 Å². The molecule has 132 valence electrons. The Morgan fingerprint density at radius 3 is 2.52 bits per heavy atom. The summed E-state index contributed by atoms with van der Waals surface area (Å²) in [6.07, 6.45) is 1.52. The van der Waals surface area contributed by atoms with E-state index in [1.54, 1.807) is 25.1 Å². The second-order valence-electron chi connectivity index (χ2n) is 5.35. The van der Waals surface area contributed by atoms with E-state index in [4.69, 9.17) is 9.47 Å². The number of ether oxygens (including phenoxy) is 2. The van der Waals surface area contributed by atoms with E-state index < -0.39 is 18.5 Å². The Labute approximate surface area is 146 Å². The Bertz CT molecular complexity index is 729. The van der Waals surface area contributed by atoms with Crippen molar-refractivity contribution in [1.29, 1.82) is 0 Å². The van der Waals surface area contributed by atoms with E-state index in [-0.39, 0.29) is 11.4 Å². The first-order chi connectivity index (χ1) is 12.0. The molecule has 0 aliphatic carbocycles. The standard InChI is InChI=1S/C18H21N3O4/c1-4-24-17-15(6-5-11-19-17)18(23)25-12-16(22)20-13-7-9-14(10-8-13)21(2)3/h5-11H,4,12H2,1-3H3,(H,20,22). The second kappa shape index (κ2) is 8.68. The Balaban J connectivity index is 1.90. The van der Waals surface area contributed by atoms with Crippen LogP contribution in [-0.2, 0) is 9.53 Å². The zero-order chi connectivity index (χ0) is 18.2. The van der Waals surface area contributed by atoms with Crippen LogP contribution in [0.5, 0.6) is 5.88 Å². The van der Waals surface area contributed by atoms with E-state index in [0.29, 0.717) is 12.3 Å². The lowest BCUT2D eigenvalue weighted by Gasteiger charge is -2.13. The number of pyridine rings is 1. The van der Waals surface area contributed by atoms with Crippen LogP contribution in [-0.4, -0.2) is 44.2 Å². The molecule has 25 heavy (non-hydrogen) atoms. The van der Waals surface area contributed by atoms with Gasteiger partial charge < -0.3 is 19.7 Å². The van der Waals surface area contributed by atoms with Crippen LogP contribution in [0.25, 0.3) is 0 Å². The number of nitrogens with one attached hydrogen (secondary N) is 1. The third-order valence-electron chi connectivity index (χ3n) is 3.27. The quantitative estimate of drug-likeness (QED) is 0.777. The Morgan fingerprint density at radius 2 is 1.88 bits per heavy atom. The Kier molecular flexibility index (Phi) is 6.33. The van der Waals surface area contributed by atoms with Crippen molar-refractivity contribution in [3.8, 4) is 5.88 Å². The fourth-order valence-electron chi connectivity index (χ4n) is 2.05. The molecule has 2 aromatic rings. The monoisotopic (exact) mass is 343 g/mol. The number of hydrogen-bond acceptors (Lipinski definition) is 6. The molecule has 0 radical (unpaired) electrons. The van der Waals surface area contributed by atoms with Gasteiger partial charge in [-0.1, -0.05) is 0 Å². The minimum atomic E-state index is -0.658. The molecule has 1 amide bonds. The number of aromatic nitrogens is 1. The van der Waals surface area contributed by atoms with Crippen LogP contribution in [0.2, 0.25) is 0 Å². The molecule has 7 nitrogen and oxygen atoms in total. The SMILES string of the molecule is CCOc1ncccc1C(=O)OCC(=O)Nc1ccc(N(C)C)cc1. The van der Waals surface area contributed by atoms with Crippen molar-refractivity contribution in [3.05, 3.63) is 48.2 Å². The van der Waals surface area contributed by atoms with Gasteiger partial charge in [0, 0.05) is 31.7 Å². The highest BCUT2D eigenvalue weighted by atomic mass is 16.5. The highest BCUT2D eigenvalue weighted by Gasteiger charge is 2.16. The van der Waals surface area contributed by atoms with E-state index >= 15 is 0 Å². The van der Waals surface area contributed by atoms with Gasteiger partial charge in [0.15, 0.2) is 6.61 Å². The molecule has 0 aliphatic rings. The van der Waals surface area contributed by atoms with Crippen molar-refractivity contribution in [3.63, 3.8) is 0 Å². The minimum Gasteiger partial charge on any atom is -0.477 e. The summed E-state index contributed by atoms with van der Waals surface area (Å²) in [5, 5.41) is 2.67. The van der Waals surface area contributed by atoms with E-state index in [9.17, 15) is 9.59 Å². The molecule has 1 aromatic carbocycles. The van der Waals surface area contributed by atoms with E-state index in [2.05, 4.69) is 10.3 Å². The number of rotatable bonds is 7. The molecule has 0 aliphatic heterocycles. The molecule has 0 atom stereocenters. The van der Waals surface area contributed by atoms with Crippen LogP contribution >= 0.6 is 0 Å². The van der Waals surface area contributed by atoms with Crippen LogP contribution in [0.4, 0.5) is 11.4 Å². The third-order valence-corrected chi connectivity index (χ3v) is 3.27. The van der Waals surface area contributed by atoms with Gasteiger partial charge in [0.05, 0.1) is 6.61 Å². The Morgan fingerprint density at radius 1 is 1.16 bits per heavy atom. The summed E-state index contributed by atoms with van der Waals surface area (Å²) in [6.45, 7) is 1.77. The van der Waals surface area contributed by atoms with Gasteiger partial charge in [-0.3, -0.25) is 4.79 Å². The maximum absolute atomic E-state index is 12.1. The smallest absolute Gasteiger partial charge is 0.344 e. The van der Waals surface area contributed by atoms with Crippen LogP contribution in [0.1, 0.15) is 17.3 Å². The molecule has 0 saturated carbocycles. The number of nitrogens with zero attached hydrogens (tertiary/aromatic N) is 2. The van der Waals surface area contributed by atoms with Crippen LogP contribution < -0.4 is 15.0 Å². The van der Waals surface area contributed by atoms with E-state index in [0.717, 1.165) is 5.69 Å². The summed E-state index contributed by atoms with van der Waals surface area (Å²) in [5.74, 6) is -0.892. The number of benzene rings is 1. The van der Waals surface area contributed by atoms with Crippen LogP contribution in [0, 0.1) is 0 Å². The summed E-state index contributed by atoms with van der Waals surface area (Å²) in [4.78, 5) is 30.0. The van der Waals surface area contributed by atoms with Gasteiger partial charge in [-0.05, 0) is 43.3 Å². The van der Waals surface area contributed by atoms with Crippen molar-refractivity contribution in [1.82, 2.24) is 4.98 Å². The second-order valence-corrected chi connectivity index (χ2v) is 5.35. The zero-order valence-electron chi connectivity index (χ0n) is 14.5. The fourth-order valence-corrected chi connectivity index (χ4v) is 2.05. The largest absolute Gasteiger partial charge is 0.477 e. The zero-order valence-corrected chi connectivity index (χ0v) is 14.5. The molecular formula is C18H21N3O4. The van der Waals surface area contributed by atoms with Gasteiger partial charge in [0.1, 0.15) is 5.56 Å². The minimum absolute atomic E-state index is 0.187. The summed E-state index contributed by atoms with van der Waals surface area (Å²) in [5.41, 5.74) is 1.83. The normalized spacial score (nSPS) is 10.0. The average molecular weight is 343 g/mol. The van der Waals surface area contributed by atoms with Crippen LogP contribution in [0.15, 0.2) is 42.6 Å². The molecule has 0 saturated heterocycles. The molecule has 2 rings (SSSR count). The molecule has 0 spiro atoms. The summed E-state index contributed by atoms with van der Waals surface area (Å²) in [6, 6.07) is 10.5. The number of hydrogen-bond donors (Lipinski definition) is 1. The predicted octanol–water partition coefficient (Wildman–Crippen LogP) is 2.34. The molecule has 0 fully saturated rings. The van der Waals surface area contributed by atoms with Gasteiger partial charge in [0.2, 0.25) is 5.88 Å². The molecule has 0 bridgehead atoms. The maximum atomic E-state index is 12.1. The first-order valence-electron chi connectivity index (χ1n) is 7.83. The first kappa shape index (κ1) is 18.3. The molecule has 0 unspecified atom stereocenters. The van der Waals surface area contributed by atoms with Gasteiger partial charge >= 0.3 is 5.97 Å². The number of anilines is 2. The molecule has 7 heteroatoms. The maximum Gasteiger partial charge on any atom is 0.344 e. The lowest BCUT2D eigenvalue weighted by Crippen LogP contribution is -2.21. The van der Waals surface area contributed by atoms with Crippen molar-refractivity contribution >= 4 is 23.3 Å². The number of carbonyl (C=O) groups is 2. The molecule has 1 aromatic heterocycles. The van der Waals surface area contributed by atoms with Crippen molar-refractivity contribution < 1.29 is 19.1 Å².